The molecule has 7 heteroatoms. The van der Waals surface area contributed by atoms with E-state index >= 15 is 0 Å². The van der Waals surface area contributed by atoms with Crippen molar-refractivity contribution in [3.63, 3.8) is 0 Å². The lowest BCUT2D eigenvalue weighted by Gasteiger charge is -2.28. The van der Waals surface area contributed by atoms with Crippen LogP contribution in [0.1, 0.15) is 26.7 Å². The molecule has 1 aromatic rings. The normalized spacial score (nSPS) is 12.6. The van der Waals surface area contributed by atoms with Gasteiger partial charge in [-0.15, -0.1) is 22.9 Å². The standard InChI is InChI=1S/C11H17BrClNO2S2/c1-3-9(4-2)14(7-6-13)18(15,16)11-10(12)5-8-17-11/h5,8-9H,3-4,6-7H2,1-2H3. The van der Waals surface area contributed by atoms with E-state index in [2.05, 4.69) is 15.9 Å². The summed E-state index contributed by atoms with van der Waals surface area (Å²) in [6.07, 6.45) is 1.57. The summed E-state index contributed by atoms with van der Waals surface area (Å²) in [6, 6.07) is 1.76. The van der Waals surface area contributed by atoms with Crippen LogP contribution in [-0.4, -0.2) is 31.2 Å². The van der Waals surface area contributed by atoms with Crippen LogP contribution in [0.15, 0.2) is 20.1 Å². The highest BCUT2D eigenvalue weighted by Gasteiger charge is 2.31. The van der Waals surface area contributed by atoms with Gasteiger partial charge in [0.25, 0.3) is 10.0 Å². The molecule has 0 aromatic carbocycles. The average Bonchev–Trinajstić information content (AvgIpc) is 2.76. The highest BCUT2D eigenvalue weighted by molar-refractivity contribution is 9.10. The minimum Gasteiger partial charge on any atom is -0.206 e. The molecule has 0 aliphatic rings. The van der Waals surface area contributed by atoms with Crippen molar-refractivity contribution in [2.24, 2.45) is 0 Å². The van der Waals surface area contributed by atoms with Crippen LogP contribution >= 0.6 is 38.9 Å². The van der Waals surface area contributed by atoms with Gasteiger partial charge in [-0.1, -0.05) is 13.8 Å². The van der Waals surface area contributed by atoms with Crippen molar-refractivity contribution < 1.29 is 8.42 Å². The maximum absolute atomic E-state index is 12.6. The molecule has 0 amide bonds. The topological polar surface area (TPSA) is 37.4 Å². The lowest BCUT2D eigenvalue weighted by Crippen LogP contribution is -2.40. The van der Waals surface area contributed by atoms with Gasteiger partial charge >= 0.3 is 0 Å². The third kappa shape index (κ3) is 3.48. The lowest BCUT2D eigenvalue weighted by atomic mass is 10.2. The van der Waals surface area contributed by atoms with Crippen LogP contribution in [0.4, 0.5) is 0 Å². The molecule has 0 unspecified atom stereocenters. The molecule has 0 fully saturated rings. The first-order chi connectivity index (χ1) is 8.48. The van der Waals surface area contributed by atoms with Gasteiger partial charge in [0.1, 0.15) is 4.21 Å². The summed E-state index contributed by atoms with van der Waals surface area (Å²) in [5, 5.41) is 1.77. The molecule has 1 heterocycles. The van der Waals surface area contributed by atoms with Crippen molar-refractivity contribution >= 4 is 48.9 Å². The smallest absolute Gasteiger partial charge is 0.206 e. The number of hydrogen-bond acceptors (Lipinski definition) is 3. The monoisotopic (exact) mass is 373 g/mol. The summed E-state index contributed by atoms with van der Waals surface area (Å²) in [5.41, 5.74) is 0. The number of sulfonamides is 1. The average molecular weight is 375 g/mol. The van der Waals surface area contributed by atoms with E-state index in [1.165, 1.54) is 15.6 Å². The van der Waals surface area contributed by atoms with Crippen LogP contribution < -0.4 is 0 Å². The number of nitrogens with zero attached hydrogens (tertiary/aromatic N) is 1. The van der Waals surface area contributed by atoms with Crippen molar-refractivity contribution in [2.45, 2.75) is 36.9 Å². The van der Waals surface area contributed by atoms with Gasteiger partial charge in [0.15, 0.2) is 0 Å². The van der Waals surface area contributed by atoms with Gasteiger partial charge in [0.2, 0.25) is 0 Å². The zero-order valence-corrected chi connectivity index (χ0v) is 14.4. The quantitative estimate of drug-likeness (QED) is 0.678. The lowest BCUT2D eigenvalue weighted by molar-refractivity contribution is 0.317. The fourth-order valence-corrected chi connectivity index (χ4v) is 6.33. The summed E-state index contributed by atoms with van der Waals surface area (Å²) in [6.45, 7) is 4.34. The van der Waals surface area contributed by atoms with Crippen LogP contribution in [-0.2, 0) is 10.0 Å². The fourth-order valence-electron chi connectivity index (χ4n) is 1.85. The van der Waals surface area contributed by atoms with Gasteiger partial charge in [-0.05, 0) is 40.2 Å². The van der Waals surface area contributed by atoms with Crippen LogP contribution in [0.3, 0.4) is 0 Å². The first-order valence-corrected chi connectivity index (χ1v) is 9.44. The Balaban J connectivity index is 3.16. The maximum atomic E-state index is 12.6. The third-order valence-electron chi connectivity index (χ3n) is 2.78. The first kappa shape index (κ1) is 16.4. The number of alkyl halides is 1. The van der Waals surface area contributed by atoms with Crippen molar-refractivity contribution in [1.29, 1.82) is 0 Å². The molecule has 0 bridgehead atoms. The summed E-state index contributed by atoms with van der Waals surface area (Å²) in [4.78, 5) is 0. The maximum Gasteiger partial charge on any atom is 0.253 e. The molecule has 18 heavy (non-hydrogen) atoms. The van der Waals surface area contributed by atoms with Gasteiger partial charge in [-0.3, -0.25) is 0 Å². The van der Waals surface area contributed by atoms with Crippen LogP contribution in [0, 0.1) is 0 Å². The second-order valence-electron chi connectivity index (χ2n) is 3.83. The van der Waals surface area contributed by atoms with Gasteiger partial charge in [-0.25, -0.2) is 8.42 Å². The van der Waals surface area contributed by atoms with Crippen molar-refractivity contribution in [3.8, 4) is 0 Å². The number of hydrogen-bond donors (Lipinski definition) is 0. The SMILES string of the molecule is CCC(CC)N(CCCl)S(=O)(=O)c1sccc1Br. The fraction of sp³-hybridized carbons (Fsp3) is 0.636. The van der Waals surface area contributed by atoms with Gasteiger partial charge in [-0.2, -0.15) is 4.31 Å². The Morgan fingerprint density at radius 2 is 2.06 bits per heavy atom. The molecule has 0 saturated carbocycles. The zero-order valence-electron chi connectivity index (χ0n) is 10.4. The molecule has 104 valence electrons. The third-order valence-corrected chi connectivity index (χ3v) is 7.55. The zero-order chi connectivity index (χ0) is 13.8. The summed E-state index contributed by atoms with van der Waals surface area (Å²) >= 11 is 10.3. The van der Waals surface area contributed by atoms with Crippen molar-refractivity contribution in [2.75, 3.05) is 12.4 Å². The Morgan fingerprint density at radius 3 is 2.44 bits per heavy atom. The Bertz CT molecular complexity index is 471. The van der Waals surface area contributed by atoms with E-state index in [9.17, 15) is 8.42 Å². The summed E-state index contributed by atoms with van der Waals surface area (Å²) in [7, 11) is -3.45. The molecule has 0 N–H and O–H groups in total. The predicted octanol–water partition coefficient (Wildman–Crippen LogP) is 3.93. The van der Waals surface area contributed by atoms with E-state index in [0.29, 0.717) is 21.1 Å². The van der Waals surface area contributed by atoms with Crippen molar-refractivity contribution in [1.82, 2.24) is 4.31 Å². The summed E-state index contributed by atoms with van der Waals surface area (Å²) in [5.74, 6) is 0.304. The first-order valence-electron chi connectivity index (χ1n) is 5.79. The molecule has 0 aliphatic carbocycles. The number of halogens is 2. The second kappa shape index (κ2) is 7.24. The molecule has 0 aliphatic heterocycles. The van der Waals surface area contributed by atoms with Gasteiger partial charge < -0.3 is 0 Å². The van der Waals surface area contributed by atoms with Gasteiger partial charge in [0, 0.05) is 22.9 Å². The second-order valence-corrected chi connectivity index (χ2v) is 8.07. The van der Waals surface area contributed by atoms with E-state index in [4.69, 9.17) is 11.6 Å². The molecule has 0 radical (unpaired) electrons. The highest BCUT2D eigenvalue weighted by atomic mass is 79.9. The van der Waals surface area contributed by atoms with E-state index < -0.39 is 10.0 Å². The van der Waals surface area contributed by atoms with E-state index in [1.54, 1.807) is 11.4 Å². The highest BCUT2D eigenvalue weighted by Crippen LogP contribution is 2.32. The molecule has 3 nitrogen and oxygen atoms in total. The number of rotatable bonds is 7. The minimum absolute atomic E-state index is 0.00255. The molecule has 0 saturated heterocycles. The Kier molecular flexibility index (Phi) is 6.61. The molecule has 1 aromatic heterocycles. The summed E-state index contributed by atoms with van der Waals surface area (Å²) < 4.78 is 27.7. The minimum atomic E-state index is -3.45. The Labute approximate surface area is 126 Å². The van der Waals surface area contributed by atoms with E-state index in [1.807, 2.05) is 13.8 Å². The predicted molar refractivity (Wildman–Crippen MR) is 81.0 cm³/mol. The van der Waals surface area contributed by atoms with Crippen LogP contribution in [0.25, 0.3) is 0 Å². The molecular weight excluding hydrogens is 358 g/mol. The number of thiophene rings is 1. The Hall–Kier alpha value is 0.380. The van der Waals surface area contributed by atoms with E-state index in [0.717, 1.165) is 12.8 Å². The largest absolute Gasteiger partial charge is 0.253 e. The van der Waals surface area contributed by atoms with Crippen LogP contribution in [0.5, 0.6) is 0 Å². The molecule has 0 spiro atoms. The van der Waals surface area contributed by atoms with Crippen molar-refractivity contribution in [3.05, 3.63) is 15.9 Å². The molecule has 1 rings (SSSR count). The molecule has 0 atom stereocenters. The Morgan fingerprint density at radius 1 is 1.44 bits per heavy atom. The van der Waals surface area contributed by atoms with Gasteiger partial charge in [0.05, 0.1) is 0 Å². The van der Waals surface area contributed by atoms with Crippen LogP contribution in [0.2, 0.25) is 0 Å². The molecular formula is C11H17BrClNO2S2. The van der Waals surface area contributed by atoms with E-state index in [-0.39, 0.29) is 6.04 Å².